The molecule has 124 valence electrons. The smallest absolute Gasteiger partial charge is 0.319 e. The molecule has 2 amide bonds. The molecule has 1 heterocycles. The van der Waals surface area contributed by atoms with Gasteiger partial charge < -0.3 is 19.9 Å². The van der Waals surface area contributed by atoms with Gasteiger partial charge in [-0.05, 0) is 39.3 Å². The van der Waals surface area contributed by atoms with Crippen LogP contribution in [0.25, 0.3) is 0 Å². The van der Waals surface area contributed by atoms with Gasteiger partial charge in [0.15, 0.2) is 5.75 Å². The third-order valence-corrected chi connectivity index (χ3v) is 3.79. The molecule has 2 N–H and O–H groups in total. The van der Waals surface area contributed by atoms with Crippen molar-refractivity contribution >= 4 is 23.3 Å². The Hall–Kier alpha value is -2.21. The number of aryl methyl sites for hydroxylation is 2. The monoisotopic (exact) mass is 337 g/mol. The van der Waals surface area contributed by atoms with E-state index in [0.717, 1.165) is 17.0 Å². The number of para-hydroxylation sites is 1. The summed E-state index contributed by atoms with van der Waals surface area (Å²) in [7, 11) is 1.50. The normalized spacial score (nSPS) is 11.9. The van der Waals surface area contributed by atoms with Crippen molar-refractivity contribution in [3.63, 3.8) is 0 Å². The van der Waals surface area contributed by atoms with Crippen molar-refractivity contribution in [3.05, 3.63) is 40.2 Å². The molecule has 0 spiro atoms. The van der Waals surface area contributed by atoms with Gasteiger partial charge >= 0.3 is 6.03 Å². The fraction of sp³-hybridized carbons (Fsp3) is 0.375. The molecule has 6 nitrogen and oxygen atoms in total. The Kier molecular flexibility index (Phi) is 5.50. The lowest BCUT2D eigenvalue weighted by Crippen LogP contribution is -2.37. The van der Waals surface area contributed by atoms with Crippen LogP contribution in [0.3, 0.4) is 0 Å². The fourth-order valence-corrected chi connectivity index (χ4v) is 2.60. The standard InChI is InChI=1S/C16H20ClN3O3/c1-9(8-12-10(2)20-23-11(12)3)18-16(21)19-14-7-5-6-13(17)15(14)22-4/h5-7,9H,8H2,1-4H3,(H2,18,19,21). The van der Waals surface area contributed by atoms with E-state index in [-0.39, 0.29) is 12.1 Å². The zero-order valence-electron chi connectivity index (χ0n) is 13.6. The van der Waals surface area contributed by atoms with Gasteiger partial charge in [0.1, 0.15) is 5.76 Å². The second-order valence-corrected chi connectivity index (χ2v) is 5.73. The molecule has 0 bridgehead atoms. The number of nitrogens with one attached hydrogen (secondary N) is 2. The summed E-state index contributed by atoms with van der Waals surface area (Å²) in [5, 5.41) is 9.97. The third-order valence-electron chi connectivity index (χ3n) is 3.49. The molecule has 0 radical (unpaired) electrons. The molecule has 1 atom stereocenters. The highest BCUT2D eigenvalue weighted by molar-refractivity contribution is 6.32. The van der Waals surface area contributed by atoms with Gasteiger partial charge in [-0.2, -0.15) is 0 Å². The SMILES string of the molecule is COc1c(Cl)cccc1NC(=O)NC(C)Cc1c(C)noc1C. The van der Waals surface area contributed by atoms with Gasteiger partial charge in [-0.25, -0.2) is 4.79 Å². The number of amides is 2. The Morgan fingerprint density at radius 3 is 2.78 bits per heavy atom. The van der Waals surface area contributed by atoms with Crippen molar-refractivity contribution in [3.8, 4) is 5.75 Å². The van der Waals surface area contributed by atoms with Crippen LogP contribution < -0.4 is 15.4 Å². The number of carbonyl (C=O) groups is 1. The topological polar surface area (TPSA) is 76.4 Å². The summed E-state index contributed by atoms with van der Waals surface area (Å²) in [5.41, 5.74) is 2.37. The van der Waals surface area contributed by atoms with E-state index < -0.39 is 0 Å². The second kappa shape index (κ2) is 7.37. The van der Waals surface area contributed by atoms with Gasteiger partial charge in [-0.1, -0.05) is 22.8 Å². The zero-order chi connectivity index (χ0) is 17.0. The zero-order valence-corrected chi connectivity index (χ0v) is 14.3. The van der Waals surface area contributed by atoms with E-state index in [1.807, 2.05) is 20.8 Å². The van der Waals surface area contributed by atoms with Gasteiger partial charge in [0.2, 0.25) is 0 Å². The van der Waals surface area contributed by atoms with Crippen LogP contribution in [-0.2, 0) is 6.42 Å². The maximum atomic E-state index is 12.1. The van der Waals surface area contributed by atoms with Gasteiger partial charge in [0.05, 0.1) is 23.5 Å². The molecule has 1 aromatic carbocycles. The Balaban J connectivity index is 1.98. The van der Waals surface area contributed by atoms with Crippen molar-refractivity contribution in [2.45, 2.75) is 33.2 Å². The van der Waals surface area contributed by atoms with Crippen molar-refractivity contribution in [2.24, 2.45) is 0 Å². The summed E-state index contributed by atoms with van der Waals surface area (Å²) < 4.78 is 10.3. The van der Waals surface area contributed by atoms with Crippen LogP contribution in [0.1, 0.15) is 23.9 Å². The lowest BCUT2D eigenvalue weighted by Gasteiger charge is -2.16. The Morgan fingerprint density at radius 1 is 1.43 bits per heavy atom. The van der Waals surface area contributed by atoms with Crippen molar-refractivity contribution in [2.75, 3.05) is 12.4 Å². The first-order valence-corrected chi connectivity index (χ1v) is 7.62. The summed E-state index contributed by atoms with van der Waals surface area (Å²) in [6.07, 6.45) is 0.640. The Bertz CT molecular complexity index is 680. The van der Waals surface area contributed by atoms with Crippen LogP contribution in [0.5, 0.6) is 5.75 Å². The molecule has 7 heteroatoms. The maximum Gasteiger partial charge on any atom is 0.319 e. The maximum absolute atomic E-state index is 12.1. The Morgan fingerprint density at radius 2 is 2.17 bits per heavy atom. The van der Waals surface area contributed by atoms with Crippen molar-refractivity contribution in [1.29, 1.82) is 0 Å². The van der Waals surface area contributed by atoms with Crippen LogP contribution in [-0.4, -0.2) is 24.3 Å². The van der Waals surface area contributed by atoms with Crippen molar-refractivity contribution in [1.82, 2.24) is 10.5 Å². The molecule has 1 aromatic heterocycles. The fourth-order valence-electron chi connectivity index (χ4n) is 2.35. The highest BCUT2D eigenvalue weighted by Crippen LogP contribution is 2.32. The summed E-state index contributed by atoms with van der Waals surface area (Å²) in [5.74, 6) is 1.20. The average Bonchev–Trinajstić information content (AvgIpc) is 2.79. The van der Waals surface area contributed by atoms with E-state index in [1.165, 1.54) is 7.11 Å². The molecule has 2 aromatic rings. The molecular formula is C16H20ClN3O3. The lowest BCUT2D eigenvalue weighted by molar-refractivity contribution is 0.249. The molecule has 0 saturated carbocycles. The number of nitrogens with zero attached hydrogens (tertiary/aromatic N) is 1. The van der Waals surface area contributed by atoms with Crippen LogP contribution >= 0.6 is 11.6 Å². The van der Waals surface area contributed by atoms with Gasteiger partial charge in [0, 0.05) is 11.6 Å². The van der Waals surface area contributed by atoms with Crippen LogP contribution in [0.4, 0.5) is 10.5 Å². The van der Waals surface area contributed by atoms with E-state index in [2.05, 4.69) is 15.8 Å². The molecule has 0 saturated heterocycles. The number of hydrogen-bond acceptors (Lipinski definition) is 4. The molecule has 0 aliphatic carbocycles. The van der Waals surface area contributed by atoms with E-state index >= 15 is 0 Å². The number of rotatable bonds is 5. The van der Waals surface area contributed by atoms with E-state index in [1.54, 1.807) is 18.2 Å². The number of ether oxygens (including phenoxy) is 1. The molecule has 2 rings (SSSR count). The molecule has 0 fully saturated rings. The number of methoxy groups -OCH3 is 1. The van der Waals surface area contributed by atoms with Crippen molar-refractivity contribution < 1.29 is 14.1 Å². The number of carbonyl (C=O) groups excluding carboxylic acids is 1. The van der Waals surface area contributed by atoms with Gasteiger partial charge in [-0.3, -0.25) is 0 Å². The molecule has 0 aliphatic heterocycles. The number of hydrogen-bond donors (Lipinski definition) is 2. The summed E-state index contributed by atoms with van der Waals surface area (Å²) in [6, 6.07) is 4.75. The average molecular weight is 338 g/mol. The molecule has 0 aliphatic rings. The summed E-state index contributed by atoms with van der Waals surface area (Å²) in [4.78, 5) is 12.1. The van der Waals surface area contributed by atoms with Gasteiger partial charge in [-0.15, -0.1) is 0 Å². The summed E-state index contributed by atoms with van der Waals surface area (Å²) >= 11 is 6.03. The minimum atomic E-state index is -0.329. The minimum absolute atomic E-state index is 0.0861. The predicted molar refractivity (Wildman–Crippen MR) is 89.3 cm³/mol. The highest BCUT2D eigenvalue weighted by atomic mass is 35.5. The number of urea groups is 1. The van der Waals surface area contributed by atoms with E-state index in [9.17, 15) is 4.79 Å². The molecule has 23 heavy (non-hydrogen) atoms. The van der Waals surface area contributed by atoms with Crippen LogP contribution in [0.2, 0.25) is 5.02 Å². The second-order valence-electron chi connectivity index (χ2n) is 5.33. The number of anilines is 1. The van der Waals surface area contributed by atoms with E-state index in [4.69, 9.17) is 20.9 Å². The predicted octanol–water partition coefficient (Wildman–Crippen LogP) is 3.71. The third kappa shape index (κ3) is 4.16. The largest absolute Gasteiger partial charge is 0.493 e. The molecule has 1 unspecified atom stereocenters. The van der Waals surface area contributed by atoms with E-state index in [0.29, 0.717) is 22.9 Å². The number of aromatic nitrogens is 1. The van der Waals surface area contributed by atoms with Crippen LogP contribution in [0, 0.1) is 13.8 Å². The Labute approximate surface area is 140 Å². The first-order valence-electron chi connectivity index (χ1n) is 7.24. The van der Waals surface area contributed by atoms with Gasteiger partial charge in [0.25, 0.3) is 0 Å². The lowest BCUT2D eigenvalue weighted by atomic mass is 10.1. The number of halogens is 1. The molecular weight excluding hydrogens is 318 g/mol. The minimum Gasteiger partial charge on any atom is -0.493 e. The first kappa shape index (κ1) is 17.1. The first-order chi connectivity index (χ1) is 10.9. The number of benzene rings is 1. The summed E-state index contributed by atoms with van der Waals surface area (Å²) in [6.45, 7) is 5.66. The van der Waals surface area contributed by atoms with Crippen LogP contribution in [0.15, 0.2) is 22.7 Å². The quantitative estimate of drug-likeness (QED) is 0.872. The highest BCUT2D eigenvalue weighted by Gasteiger charge is 2.16.